The van der Waals surface area contributed by atoms with Gasteiger partial charge in [0.2, 0.25) is 0 Å². The first kappa shape index (κ1) is 8.87. The van der Waals surface area contributed by atoms with Gasteiger partial charge in [0.15, 0.2) is 5.82 Å². The van der Waals surface area contributed by atoms with E-state index in [1.165, 1.54) is 0 Å². The highest BCUT2D eigenvalue weighted by molar-refractivity contribution is 5.47. The van der Waals surface area contributed by atoms with Crippen LogP contribution in [0, 0.1) is 0 Å². The van der Waals surface area contributed by atoms with Crippen LogP contribution in [0.25, 0.3) is 11.5 Å². The fourth-order valence-corrected chi connectivity index (χ4v) is 1.25. The number of aryl methyl sites for hydroxylation is 1. The molecule has 0 aliphatic rings. The molecule has 0 saturated carbocycles. The fraction of sp³-hybridized carbons (Fsp3) is 0.300. The monoisotopic (exact) mass is 188 g/mol. The average Bonchev–Trinajstić information content (AvgIpc) is 2.68. The molecule has 1 N–H and O–H groups in total. The molecule has 4 heteroatoms. The summed E-state index contributed by atoms with van der Waals surface area (Å²) >= 11 is 0. The molecule has 72 valence electrons. The van der Waals surface area contributed by atoms with Gasteiger partial charge in [0.05, 0.1) is 0 Å². The van der Waals surface area contributed by atoms with Gasteiger partial charge in [-0.05, 0) is 18.6 Å². The summed E-state index contributed by atoms with van der Waals surface area (Å²) in [5.74, 6) is 1.60. The van der Waals surface area contributed by atoms with E-state index in [0.29, 0.717) is 5.82 Å². The molecule has 0 bridgehead atoms. The van der Waals surface area contributed by atoms with Crippen molar-refractivity contribution in [2.75, 3.05) is 0 Å². The predicted molar refractivity (Wildman–Crippen MR) is 53.6 cm³/mol. The lowest BCUT2D eigenvalue weighted by atomic mass is 10.3. The molecule has 2 aromatic rings. The number of hydrogen-bond donors (Lipinski definition) is 1. The zero-order valence-corrected chi connectivity index (χ0v) is 8.07. The number of nitrogens with zero attached hydrogens (tertiary/aromatic N) is 3. The third-order valence-electron chi connectivity index (χ3n) is 1.91. The van der Waals surface area contributed by atoms with E-state index in [9.17, 15) is 0 Å². The average molecular weight is 188 g/mol. The van der Waals surface area contributed by atoms with Crippen LogP contribution in [-0.4, -0.2) is 20.2 Å². The van der Waals surface area contributed by atoms with Crippen LogP contribution in [0.2, 0.25) is 0 Å². The molecule has 14 heavy (non-hydrogen) atoms. The minimum atomic E-state index is 0.675. The van der Waals surface area contributed by atoms with Gasteiger partial charge < -0.3 is 0 Å². The molecule has 2 rings (SSSR count). The standard InChI is InChI=1S/C10H12N4/c1-2-5-9-12-10(14-13-9)8-6-3-4-7-11-8/h3-4,6-7H,2,5H2,1H3,(H,12,13,14). The Bertz CT molecular complexity index is 394. The van der Waals surface area contributed by atoms with Crippen LogP contribution in [0.15, 0.2) is 24.4 Å². The highest BCUT2D eigenvalue weighted by Crippen LogP contribution is 2.10. The highest BCUT2D eigenvalue weighted by atomic mass is 15.2. The van der Waals surface area contributed by atoms with Crippen molar-refractivity contribution in [3.63, 3.8) is 0 Å². The minimum Gasteiger partial charge on any atom is -0.263 e. The van der Waals surface area contributed by atoms with Crippen molar-refractivity contribution in [1.82, 2.24) is 20.2 Å². The summed E-state index contributed by atoms with van der Waals surface area (Å²) in [6, 6.07) is 5.71. The molecule has 0 atom stereocenters. The molecule has 0 aliphatic carbocycles. The molecule has 0 spiro atoms. The maximum atomic E-state index is 4.34. The number of pyridine rings is 1. The summed E-state index contributed by atoms with van der Waals surface area (Å²) < 4.78 is 0. The van der Waals surface area contributed by atoms with E-state index < -0.39 is 0 Å². The lowest BCUT2D eigenvalue weighted by Gasteiger charge is -1.90. The van der Waals surface area contributed by atoms with Crippen molar-refractivity contribution >= 4 is 0 Å². The van der Waals surface area contributed by atoms with Crippen LogP contribution in [0.4, 0.5) is 0 Å². The van der Waals surface area contributed by atoms with Crippen molar-refractivity contribution < 1.29 is 0 Å². The maximum absolute atomic E-state index is 4.34. The zero-order chi connectivity index (χ0) is 9.80. The van der Waals surface area contributed by atoms with Gasteiger partial charge in [0.25, 0.3) is 0 Å². The molecule has 2 heterocycles. The van der Waals surface area contributed by atoms with Gasteiger partial charge in [0.1, 0.15) is 11.5 Å². The van der Waals surface area contributed by atoms with Crippen molar-refractivity contribution in [3.8, 4) is 11.5 Å². The van der Waals surface area contributed by atoms with Crippen molar-refractivity contribution in [3.05, 3.63) is 30.2 Å². The van der Waals surface area contributed by atoms with Gasteiger partial charge in [-0.15, -0.1) is 0 Å². The van der Waals surface area contributed by atoms with Gasteiger partial charge in [0, 0.05) is 12.6 Å². The Morgan fingerprint density at radius 2 is 2.29 bits per heavy atom. The molecule has 0 radical (unpaired) electrons. The molecule has 0 aromatic carbocycles. The van der Waals surface area contributed by atoms with Gasteiger partial charge in [-0.25, -0.2) is 4.98 Å². The molecule has 4 nitrogen and oxygen atoms in total. The Morgan fingerprint density at radius 3 is 3.00 bits per heavy atom. The first-order valence-corrected chi connectivity index (χ1v) is 4.73. The lowest BCUT2D eigenvalue weighted by molar-refractivity contribution is 0.841. The Morgan fingerprint density at radius 1 is 1.36 bits per heavy atom. The molecule has 2 aromatic heterocycles. The first-order chi connectivity index (χ1) is 6.90. The number of H-pyrrole nitrogens is 1. The van der Waals surface area contributed by atoms with Crippen LogP contribution in [0.1, 0.15) is 19.2 Å². The second kappa shape index (κ2) is 4.00. The third-order valence-corrected chi connectivity index (χ3v) is 1.91. The second-order valence-corrected chi connectivity index (χ2v) is 3.07. The second-order valence-electron chi connectivity index (χ2n) is 3.07. The topological polar surface area (TPSA) is 54.5 Å². The molecule has 0 aliphatic heterocycles. The molecular formula is C10H12N4. The van der Waals surface area contributed by atoms with E-state index in [1.54, 1.807) is 6.20 Å². The van der Waals surface area contributed by atoms with Gasteiger partial charge >= 0.3 is 0 Å². The Balaban J connectivity index is 2.25. The van der Waals surface area contributed by atoms with E-state index in [-0.39, 0.29) is 0 Å². The largest absolute Gasteiger partial charge is 0.263 e. The maximum Gasteiger partial charge on any atom is 0.199 e. The van der Waals surface area contributed by atoms with Crippen LogP contribution in [-0.2, 0) is 6.42 Å². The van der Waals surface area contributed by atoms with Crippen molar-refractivity contribution in [1.29, 1.82) is 0 Å². The molecule has 0 amide bonds. The fourth-order valence-electron chi connectivity index (χ4n) is 1.25. The predicted octanol–water partition coefficient (Wildman–Crippen LogP) is 1.82. The highest BCUT2D eigenvalue weighted by Gasteiger charge is 2.04. The van der Waals surface area contributed by atoms with Gasteiger partial charge in [-0.2, -0.15) is 5.10 Å². The first-order valence-electron chi connectivity index (χ1n) is 4.73. The smallest absolute Gasteiger partial charge is 0.199 e. The minimum absolute atomic E-state index is 0.675. The van der Waals surface area contributed by atoms with Crippen LogP contribution in [0.5, 0.6) is 0 Å². The summed E-state index contributed by atoms with van der Waals surface area (Å²) in [6.07, 6.45) is 3.74. The van der Waals surface area contributed by atoms with Crippen molar-refractivity contribution in [2.45, 2.75) is 19.8 Å². The molecule has 0 saturated heterocycles. The van der Waals surface area contributed by atoms with E-state index in [2.05, 4.69) is 27.1 Å². The van der Waals surface area contributed by atoms with Crippen LogP contribution in [0.3, 0.4) is 0 Å². The normalized spacial score (nSPS) is 10.4. The summed E-state index contributed by atoms with van der Waals surface area (Å²) in [6.45, 7) is 2.11. The summed E-state index contributed by atoms with van der Waals surface area (Å²) in [4.78, 5) is 8.52. The van der Waals surface area contributed by atoms with E-state index in [4.69, 9.17) is 0 Å². The quantitative estimate of drug-likeness (QED) is 0.799. The SMILES string of the molecule is CCCc1nc(-c2ccccn2)n[nH]1. The van der Waals surface area contributed by atoms with Gasteiger partial charge in [-0.3, -0.25) is 10.1 Å². The number of aromatic nitrogens is 4. The summed E-state index contributed by atoms with van der Waals surface area (Å²) in [7, 11) is 0. The van der Waals surface area contributed by atoms with E-state index in [1.807, 2.05) is 18.2 Å². The van der Waals surface area contributed by atoms with Crippen molar-refractivity contribution in [2.24, 2.45) is 0 Å². The number of rotatable bonds is 3. The van der Waals surface area contributed by atoms with E-state index in [0.717, 1.165) is 24.4 Å². The lowest BCUT2D eigenvalue weighted by Crippen LogP contribution is -1.86. The Labute approximate surface area is 82.4 Å². The number of hydrogen-bond acceptors (Lipinski definition) is 3. The number of nitrogens with one attached hydrogen (secondary N) is 1. The molecular weight excluding hydrogens is 176 g/mol. The van der Waals surface area contributed by atoms with Crippen LogP contribution >= 0.6 is 0 Å². The summed E-state index contributed by atoms with van der Waals surface area (Å²) in [5, 5.41) is 7.01. The van der Waals surface area contributed by atoms with Crippen LogP contribution < -0.4 is 0 Å². The Kier molecular flexibility index (Phi) is 2.53. The van der Waals surface area contributed by atoms with Gasteiger partial charge in [-0.1, -0.05) is 13.0 Å². The number of aromatic amines is 1. The molecule has 0 fully saturated rings. The summed E-state index contributed by atoms with van der Waals surface area (Å²) in [5.41, 5.74) is 0.811. The zero-order valence-electron chi connectivity index (χ0n) is 8.07. The third kappa shape index (κ3) is 1.79. The Hall–Kier alpha value is -1.71. The van der Waals surface area contributed by atoms with E-state index >= 15 is 0 Å². The molecule has 0 unspecified atom stereocenters.